The Bertz CT molecular complexity index is 1670. The fourth-order valence-corrected chi connectivity index (χ4v) is 6.14. The number of fused-ring (bicyclic) bond motifs is 1. The van der Waals surface area contributed by atoms with Gasteiger partial charge in [0.15, 0.2) is 0 Å². The molecule has 234 valence electrons. The third-order valence-corrected chi connectivity index (χ3v) is 8.73. The number of halogens is 1. The maximum absolute atomic E-state index is 14.0. The molecule has 4 aromatic carbocycles. The van der Waals surface area contributed by atoms with E-state index in [0.29, 0.717) is 56.2 Å². The van der Waals surface area contributed by atoms with E-state index in [1.165, 1.54) is 5.56 Å². The lowest BCUT2D eigenvalue weighted by atomic mass is 9.95. The first-order chi connectivity index (χ1) is 21.9. The van der Waals surface area contributed by atoms with Gasteiger partial charge in [0.2, 0.25) is 11.8 Å². The quantitative estimate of drug-likeness (QED) is 0.251. The van der Waals surface area contributed by atoms with E-state index in [2.05, 4.69) is 33.0 Å². The van der Waals surface area contributed by atoms with Gasteiger partial charge in [0.05, 0.1) is 11.6 Å². The molecule has 2 atom stereocenters. The van der Waals surface area contributed by atoms with Crippen molar-refractivity contribution in [1.82, 2.24) is 15.5 Å². The van der Waals surface area contributed by atoms with Crippen LogP contribution in [0.3, 0.4) is 0 Å². The zero-order chi connectivity index (χ0) is 31.2. The maximum Gasteiger partial charge on any atom is 0.257 e. The number of anilines is 2. The summed E-state index contributed by atoms with van der Waals surface area (Å²) >= 11 is 6.11. The molecule has 0 spiro atoms. The molecule has 2 heterocycles. The zero-order valence-corrected chi connectivity index (χ0v) is 25.7. The molecule has 0 unspecified atom stereocenters. The van der Waals surface area contributed by atoms with Gasteiger partial charge in [-0.15, -0.1) is 0 Å². The van der Waals surface area contributed by atoms with Crippen LogP contribution in [0, 0.1) is 0 Å². The SMILES string of the molecule is O=C(Nc1ccccc1)c1ccccc1N1CCN(C(=O)[C@@H](Cc2ccc(Cl)cc2)NC(=O)[C@@H]2Cc3ccccc3CN2)CC1.[HH].[HH]. The lowest BCUT2D eigenvalue weighted by molar-refractivity contribution is -0.137. The minimum atomic E-state index is -0.729. The normalized spacial score (nSPS) is 16.8. The Morgan fingerprint density at radius 3 is 2.24 bits per heavy atom. The largest absolute Gasteiger partial charge is 0.367 e. The summed E-state index contributed by atoms with van der Waals surface area (Å²) < 4.78 is 0. The van der Waals surface area contributed by atoms with Crippen molar-refractivity contribution in [2.45, 2.75) is 31.5 Å². The molecule has 8 nitrogen and oxygen atoms in total. The second kappa shape index (κ2) is 14.0. The Balaban J connectivity index is 0.00000250. The molecule has 1 fully saturated rings. The van der Waals surface area contributed by atoms with E-state index in [1.807, 2.05) is 83.8 Å². The van der Waals surface area contributed by atoms with Gasteiger partial charge in [-0.2, -0.15) is 0 Å². The first kappa shape index (κ1) is 30.4. The Kier molecular flexibility index (Phi) is 9.43. The van der Waals surface area contributed by atoms with Crippen molar-refractivity contribution in [3.63, 3.8) is 0 Å². The van der Waals surface area contributed by atoms with Gasteiger partial charge in [-0.05, 0) is 59.5 Å². The second-order valence-corrected chi connectivity index (χ2v) is 11.9. The van der Waals surface area contributed by atoms with Gasteiger partial charge in [0.1, 0.15) is 6.04 Å². The lowest BCUT2D eigenvalue weighted by Crippen LogP contribution is -2.58. The number of hydrogen-bond acceptors (Lipinski definition) is 5. The molecular formula is C36H40ClN5O3. The molecule has 4 aromatic rings. The van der Waals surface area contributed by atoms with Crippen LogP contribution in [0.5, 0.6) is 0 Å². The van der Waals surface area contributed by atoms with Crippen LogP contribution in [0.1, 0.15) is 29.9 Å². The molecule has 45 heavy (non-hydrogen) atoms. The average molecular weight is 626 g/mol. The summed E-state index contributed by atoms with van der Waals surface area (Å²) in [6, 6.07) is 31.2. The highest BCUT2D eigenvalue weighted by molar-refractivity contribution is 6.30. The van der Waals surface area contributed by atoms with E-state index in [1.54, 1.807) is 12.1 Å². The van der Waals surface area contributed by atoms with Crippen LogP contribution in [-0.2, 0) is 29.0 Å². The highest BCUT2D eigenvalue weighted by Crippen LogP contribution is 2.24. The van der Waals surface area contributed by atoms with Gasteiger partial charge in [-0.25, -0.2) is 0 Å². The number of rotatable bonds is 8. The molecule has 2 aliphatic heterocycles. The highest BCUT2D eigenvalue weighted by Gasteiger charge is 2.32. The fraction of sp³-hybridized carbons (Fsp3) is 0.250. The summed E-state index contributed by atoms with van der Waals surface area (Å²) in [5.41, 5.74) is 5.38. The Morgan fingerprint density at radius 1 is 0.822 bits per heavy atom. The van der Waals surface area contributed by atoms with Crippen LogP contribution in [-0.4, -0.2) is 60.9 Å². The third kappa shape index (κ3) is 7.36. The highest BCUT2D eigenvalue weighted by atomic mass is 35.5. The summed E-state index contributed by atoms with van der Waals surface area (Å²) in [5, 5.41) is 9.99. The van der Waals surface area contributed by atoms with E-state index in [4.69, 9.17) is 11.6 Å². The minimum absolute atomic E-state index is 0. The number of amides is 3. The molecule has 9 heteroatoms. The van der Waals surface area contributed by atoms with Crippen LogP contribution in [0.4, 0.5) is 11.4 Å². The summed E-state index contributed by atoms with van der Waals surface area (Å²) in [7, 11) is 0. The first-order valence-corrected chi connectivity index (χ1v) is 15.7. The summed E-state index contributed by atoms with van der Waals surface area (Å²) in [6.45, 7) is 2.66. The van der Waals surface area contributed by atoms with Crippen molar-refractivity contribution in [3.8, 4) is 0 Å². The molecule has 3 N–H and O–H groups in total. The zero-order valence-electron chi connectivity index (χ0n) is 24.9. The predicted octanol–water partition coefficient (Wildman–Crippen LogP) is 5.17. The van der Waals surface area contributed by atoms with E-state index in [0.717, 1.165) is 22.5 Å². The molecule has 0 saturated carbocycles. The van der Waals surface area contributed by atoms with Crippen LogP contribution in [0.15, 0.2) is 103 Å². The molecule has 0 aromatic heterocycles. The Labute approximate surface area is 271 Å². The monoisotopic (exact) mass is 625 g/mol. The van der Waals surface area contributed by atoms with Crippen LogP contribution >= 0.6 is 11.6 Å². The van der Waals surface area contributed by atoms with E-state index in [9.17, 15) is 14.4 Å². The Morgan fingerprint density at radius 2 is 1.49 bits per heavy atom. The average Bonchev–Trinajstić information content (AvgIpc) is 3.09. The van der Waals surface area contributed by atoms with Gasteiger partial charge >= 0.3 is 0 Å². The minimum Gasteiger partial charge on any atom is -0.367 e. The molecule has 0 radical (unpaired) electrons. The van der Waals surface area contributed by atoms with Crippen LogP contribution < -0.4 is 20.9 Å². The maximum atomic E-state index is 14.0. The first-order valence-electron chi connectivity index (χ1n) is 15.3. The summed E-state index contributed by atoms with van der Waals surface area (Å²) in [6.07, 6.45) is 0.924. The van der Waals surface area contributed by atoms with Gasteiger partial charge in [0, 0.05) is 58.4 Å². The molecular weight excluding hydrogens is 586 g/mol. The fourth-order valence-electron chi connectivity index (χ4n) is 6.02. The van der Waals surface area contributed by atoms with Crippen molar-refractivity contribution in [3.05, 3.63) is 130 Å². The molecule has 0 bridgehead atoms. The number of nitrogens with zero attached hydrogens (tertiary/aromatic N) is 2. The van der Waals surface area contributed by atoms with Gasteiger partial charge in [0.25, 0.3) is 5.91 Å². The number of para-hydroxylation sites is 2. The van der Waals surface area contributed by atoms with Crippen molar-refractivity contribution >= 4 is 40.7 Å². The number of nitrogens with one attached hydrogen (secondary N) is 3. The number of carbonyl (C=O) groups excluding carboxylic acids is 3. The van der Waals surface area contributed by atoms with Crippen LogP contribution in [0.25, 0.3) is 0 Å². The summed E-state index contributed by atoms with van der Waals surface area (Å²) in [5.74, 6) is -0.488. The van der Waals surface area contributed by atoms with E-state index >= 15 is 0 Å². The Hall–Kier alpha value is -4.66. The smallest absolute Gasteiger partial charge is 0.257 e. The molecule has 1 saturated heterocycles. The molecule has 3 amide bonds. The van der Waals surface area contributed by atoms with Crippen LogP contribution in [0.2, 0.25) is 5.02 Å². The topological polar surface area (TPSA) is 93.8 Å². The van der Waals surface area contributed by atoms with Gasteiger partial charge < -0.3 is 25.8 Å². The van der Waals surface area contributed by atoms with Gasteiger partial charge in [-0.1, -0.05) is 78.3 Å². The molecule has 6 rings (SSSR count). The van der Waals surface area contributed by atoms with E-state index < -0.39 is 12.1 Å². The molecule has 2 aliphatic rings. The lowest BCUT2D eigenvalue weighted by Gasteiger charge is -2.38. The number of piperazine rings is 1. The van der Waals surface area contributed by atoms with Crippen molar-refractivity contribution in [2.75, 3.05) is 36.4 Å². The van der Waals surface area contributed by atoms with Crippen molar-refractivity contribution < 1.29 is 17.2 Å². The molecule has 0 aliphatic carbocycles. The van der Waals surface area contributed by atoms with Gasteiger partial charge in [-0.3, -0.25) is 14.4 Å². The number of hydrogen-bond donors (Lipinski definition) is 3. The summed E-state index contributed by atoms with van der Waals surface area (Å²) in [4.78, 5) is 44.6. The number of benzene rings is 4. The number of carbonyl (C=O) groups is 3. The van der Waals surface area contributed by atoms with Crippen molar-refractivity contribution in [1.29, 1.82) is 0 Å². The third-order valence-electron chi connectivity index (χ3n) is 8.48. The second-order valence-electron chi connectivity index (χ2n) is 11.4. The van der Waals surface area contributed by atoms with Crippen molar-refractivity contribution in [2.24, 2.45) is 0 Å². The predicted molar refractivity (Wildman–Crippen MR) is 182 cm³/mol. The standard InChI is InChI=1S/C36H36ClN5O3.2H2/c37-28-16-14-25(15-17-28)22-32(40-35(44)31-23-26-8-4-5-9-27(26)24-38-31)36(45)42-20-18-41(19-21-42)33-13-7-6-12-30(33)34(43)39-29-10-2-1-3-11-29;;/h1-17,31-32,38H,18-24H2,(H,39,43)(H,40,44);2*1H/t31-,32+;;/m0../s1. The van der Waals surface area contributed by atoms with E-state index in [-0.39, 0.29) is 20.6 Å².